The van der Waals surface area contributed by atoms with E-state index < -0.39 is 5.91 Å². The fourth-order valence-corrected chi connectivity index (χ4v) is 4.05. The third-order valence-electron chi connectivity index (χ3n) is 5.82. The average molecular weight is 457 g/mol. The van der Waals surface area contributed by atoms with E-state index in [0.29, 0.717) is 32.0 Å². The number of nitrogens with one attached hydrogen (secondary N) is 2. The van der Waals surface area contributed by atoms with Gasteiger partial charge in [0.05, 0.1) is 12.1 Å². The molecule has 0 bridgehead atoms. The quantitative estimate of drug-likeness (QED) is 0.535. The third kappa shape index (κ3) is 4.75. The lowest BCUT2D eigenvalue weighted by Gasteiger charge is -2.39. The van der Waals surface area contributed by atoms with Crippen molar-refractivity contribution in [3.63, 3.8) is 0 Å². The molecule has 10 nitrogen and oxygen atoms in total. The van der Waals surface area contributed by atoms with Crippen molar-refractivity contribution in [2.75, 3.05) is 31.1 Å². The molecule has 0 unspecified atom stereocenters. The summed E-state index contributed by atoms with van der Waals surface area (Å²) in [6.07, 6.45) is 2.71. The Kier molecular flexibility index (Phi) is 6.13. The van der Waals surface area contributed by atoms with E-state index in [4.69, 9.17) is 23.1 Å². The highest BCUT2D eigenvalue weighted by Gasteiger charge is 2.40. The molecule has 3 heterocycles. The van der Waals surface area contributed by atoms with E-state index >= 15 is 0 Å². The van der Waals surface area contributed by atoms with Crippen LogP contribution in [-0.2, 0) is 11.2 Å². The van der Waals surface area contributed by atoms with Crippen LogP contribution in [-0.4, -0.2) is 57.8 Å². The number of anilines is 2. The summed E-state index contributed by atoms with van der Waals surface area (Å²) in [6, 6.07) is 10.00. The first-order valence-corrected chi connectivity index (χ1v) is 10.8. The van der Waals surface area contributed by atoms with Gasteiger partial charge in [0, 0.05) is 19.5 Å². The maximum absolute atomic E-state index is 12.6. The number of guanidine groups is 1. The summed E-state index contributed by atoms with van der Waals surface area (Å²) >= 11 is 5.85. The molecule has 0 radical (unpaired) electrons. The molecular weight excluding hydrogens is 432 g/mol. The number of halogens is 1. The summed E-state index contributed by atoms with van der Waals surface area (Å²) in [7, 11) is 0. The van der Waals surface area contributed by atoms with Crippen molar-refractivity contribution < 1.29 is 9.59 Å². The minimum atomic E-state index is -0.575. The van der Waals surface area contributed by atoms with E-state index in [-0.39, 0.29) is 33.9 Å². The second kappa shape index (κ2) is 8.99. The van der Waals surface area contributed by atoms with Crippen molar-refractivity contribution in [2.24, 2.45) is 4.99 Å². The van der Waals surface area contributed by atoms with Gasteiger partial charge in [0.2, 0.25) is 5.91 Å². The summed E-state index contributed by atoms with van der Waals surface area (Å²) in [4.78, 5) is 39.2. The lowest BCUT2D eigenvalue weighted by molar-refractivity contribution is -0.132. The van der Waals surface area contributed by atoms with Crippen molar-refractivity contribution in [3.8, 4) is 0 Å². The van der Waals surface area contributed by atoms with Crippen LogP contribution >= 0.6 is 11.6 Å². The Balaban J connectivity index is 1.27. The first-order valence-electron chi connectivity index (χ1n) is 10.4. The van der Waals surface area contributed by atoms with Crippen LogP contribution in [0.4, 0.5) is 11.6 Å². The Morgan fingerprint density at radius 1 is 1.12 bits per heavy atom. The van der Waals surface area contributed by atoms with Gasteiger partial charge in [0.1, 0.15) is 0 Å². The highest BCUT2D eigenvalue weighted by atomic mass is 35.5. The van der Waals surface area contributed by atoms with Crippen molar-refractivity contribution in [2.45, 2.75) is 31.2 Å². The van der Waals surface area contributed by atoms with Gasteiger partial charge >= 0.3 is 0 Å². The first-order chi connectivity index (χ1) is 15.3. The number of hydrogen-bond acceptors (Lipinski definition) is 8. The summed E-state index contributed by atoms with van der Waals surface area (Å²) in [5.41, 5.74) is 12.0. The normalized spacial score (nSPS) is 17.0. The smallest absolute Gasteiger partial charge is 0.280 e. The summed E-state index contributed by atoms with van der Waals surface area (Å²) in [5, 5.41) is 5.88. The van der Waals surface area contributed by atoms with E-state index in [1.54, 1.807) is 0 Å². The van der Waals surface area contributed by atoms with Gasteiger partial charge in [-0.2, -0.15) is 0 Å². The van der Waals surface area contributed by atoms with Crippen LogP contribution in [0.5, 0.6) is 0 Å². The molecule has 1 aromatic heterocycles. The van der Waals surface area contributed by atoms with Gasteiger partial charge in [-0.15, -0.1) is 0 Å². The summed E-state index contributed by atoms with van der Waals surface area (Å²) < 4.78 is 0. The second-order valence-electron chi connectivity index (χ2n) is 8.02. The average Bonchev–Trinajstić information content (AvgIpc) is 3.17. The van der Waals surface area contributed by atoms with Crippen LogP contribution in [0.1, 0.15) is 35.3 Å². The fourth-order valence-electron chi connectivity index (χ4n) is 3.93. The summed E-state index contributed by atoms with van der Waals surface area (Å²) in [6.45, 7) is 1.80. The van der Waals surface area contributed by atoms with E-state index in [1.807, 2.05) is 35.2 Å². The van der Waals surface area contributed by atoms with Gasteiger partial charge in [-0.05, 0) is 24.8 Å². The zero-order chi connectivity index (χ0) is 22.7. The number of aryl methyl sites for hydroxylation is 1. The van der Waals surface area contributed by atoms with E-state index in [9.17, 15) is 9.59 Å². The lowest BCUT2D eigenvalue weighted by Crippen LogP contribution is -2.57. The fraction of sp³-hybridized carbons (Fsp3) is 0.381. The molecule has 6 N–H and O–H groups in total. The van der Waals surface area contributed by atoms with Crippen LogP contribution in [0, 0.1) is 0 Å². The molecule has 2 amide bonds. The van der Waals surface area contributed by atoms with Gasteiger partial charge in [-0.1, -0.05) is 41.9 Å². The Labute approximate surface area is 190 Å². The molecule has 0 saturated carbocycles. The van der Waals surface area contributed by atoms with Crippen LogP contribution in [0.2, 0.25) is 5.15 Å². The second-order valence-corrected chi connectivity index (χ2v) is 8.38. The number of likely N-dealkylation sites (tertiary alicyclic amines) is 1. The van der Waals surface area contributed by atoms with Crippen molar-refractivity contribution in [3.05, 3.63) is 46.7 Å². The first kappa shape index (κ1) is 21.8. The maximum atomic E-state index is 12.6. The molecule has 2 aromatic rings. The van der Waals surface area contributed by atoms with Crippen LogP contribution in [0.3, 0.4) is 0 Å². The number of amides is 2. The van der Waals surface area contributed by atoms with Gasteiger partial charge in [-0.3, -0.25) is 19.9 Å². The number of benzene rings is 1. The number of nitrogens with zero attached hydrogens (tertiary/aromatic N) is 4. The van der Waals surface area contributed by atoms with Gasteiger partial charge in [0.15, 0.2) is 28.4 Å². The van der Waals surface area contributed by atoms with E-state index in [1.165, 1.54) is 0 Å². The Morgan fingerprint density at radius 2 is 1.84 bits per heavy atom. The zero-order valence-electron chi connectivity index (χ0n) is 17.5. The van der Waals surface area contributed by atoms with Crippen LogP contribution < -0.4 is 22.1 Å². The molecule has 2 aliphatic heterocycles. The molecule has 1 fully saturated rings. The largest absolute Gasteiger partial charge is 0.382 e. The topological polar surface area (TPSA) is 152 Å². The van der Waals surface area contributed by atoms with Crippen LogP contribution in [0.15, 0.2) is 35.3 Å². The number of aliphatic imine (C=N–C) groups is 1. The Bertz CT molecular complexity index is 1050. The highest BCUT2D eigenvalue weighted by Crippen LogP contribution is 2.26. The van der Waals surface area contributed by atoms with E-state index in [0.717, 1.165) is 24.8 Å². The van der Waals surface area contributed by atoms with Crippen molar-refractivity contribution >= 4 is 41.0 Å². The Morgan fingerprint density at radius 3 is 2.56 bits per heavy atom. The molecule has 1 aromatic carbocycles. The number of nitrogen functional groups attached to an aromatic ring is 2. The minimum Gasteiger partial charge on any atom is -0.382 e. The number of aromatic nitrogens is 2. The predicted molar refractivity (Wildman–Crippen MR) is 122 cm³/mol. The summed E-state index contributed by atoms with van der Waals surface area (Å²) in [5.74, 6) is -0.228. The Hall–Kier alpha value is -3.40. The van der Waals surface area contributed by atoms with Gasteiger partial charge < -0.3 is 21.7 Å². The molecule has 11 heteroatoms. The predicted octanol–water partition coefficient (Wildman–Crippen LogP) is 0.977. The van der Waals surface area contributed by atoms with E-state index in [2.05, 4.69) is 25.6 Å². The lowest BCUT2D eigenvalue weighted by atomic mass is 9.88. The number of hydrogen-bond donors (Lipinski definition) is 4. The molecule has 0 aliphatic carbocycles. The molecule has 4 rings (SSSR count). The van der Waals surface area contributed by atoms with Crippen LogP contribution in [0.25, 0.3) is 0 Å². The molecule has 1 spiro atoms. The standard InChI is InChI=1S/C21H25ClN8O2/c22-16-18(24)27-17(23)15(26-16)19(32)28-20-25-12-21(29-20)8-10-30(11-9-21)14(31)7-6-13-4-2-1-3-5-13/h1-5H,6-12H2,(H4,23,24,27)(H2,25,28,29,32). The SMILES string of the molecule is Nc1nc(N)c(C(=O)NC2=NCC3(CCN(C(=O)CCc4ccccc4)CC3)N2)nc1Cl. The highest BCUT2D eigenvalue weighted by molar-refractivity contribution is 6.31. The minimum absolute atomic E-state index is 0.0407. The molecule has 1 saturated heterocycles. The molecule has 0 atom stereocenters. The number of carbonyl (C=O) groups excluding carboxylic acids is 2. The number of nitrogens with two attached hydrogens (primary N) is 2. The molecule has 168 valence electrons. The maximum Gasteiger partial charge on any atom is 0.280 e. The zero-order valence-corrected chi connectivity index (χ0v) is 18.2. The molecule has 2 aliphatic rings. The third-order valence-corrected chi connectivity index (χ3v) is 6.10. The number of rotatable bonds is 4. The number of piperidine rings is 1. The monoisotopic (exact) mass is 456 g/mol. The van der Waals surface area contributed by atoms with Gasteiger partial charge in [0.25, 0.3) is 5.91 Å². The number of carbonyl (C=O) groups is 2. The van der Waals surface area contributed by atoms with Gasteiger partial charge in [-0.25, -0.2) is 9.97 Å². The molecular formula is C21H25ClN8O2. The van der Waals surface area contributed by atoms with Crippen molar-refractivity contribution in [1.29, 1.82) is 0 Å². The molecule has 32 heavy (non-hydrogen) atoms. The van der Waals surface area contributed by atoms with Crippen molar-refractivity contribution in [1.82, 2.24) is 25.5 Å².